The normalized spacial score (nSPS) is 10.3. The van der Waals surface area contributed by atoms with Crippen molar-refractivity contribution in [2.24, 2.45) is 0 Å². The van der Waals surface area contributed by atoms with Crippen LogP contribution in [0.3, 0.4) is 0 Å². The van der Waals surface area contributed by atoms with Crippen LogP contribution in [0.15, 0.2) is 30.3 Å². The van der Waals surface area contributed by atoms with Crippen LogP contribution in [0, 0.1) is 6.92 Å². The van der Waals surface area contributed by atoms with E-state index in [-0.39, 0.29) is 0 Å². The number of aromatic nitrogens is 2. The Balaban J connectivity index is 2.15. The fraction of sp³-hybridized carbons (Fsp3) is 0.412. The summed E-state index contributed by atoms with van der Waals surface area (Å²) in [6.45, 7) is 7.64. The lowest BCUT2D eigenvalue weighted by Crippen LogP contribution is -2.07. The molecule has 0 fully saturated rings. The van der Waals surface area contributed by atoms with E-state index in [4.69, 9.17) is 4.74 Å². The molecule has 1 aromatic heterocycles. The van der Waals surface area contributed by atoms with Crippen LogP contribution in [0.4, 0.5) is 17.5 Å². The van der Waals surface area contributed by atoms with Gasteiger partial charge in [0.2, 0.25) is 5.95 Å². The van der Waals surface area contributed by atoms with Gasteiger partial charge in [0.25, 0.3) is 0 Å². The molecule has 2 aromatic rings. The molecule has 0 bridgehead atoms. The Hall–Kier alpha value is -2.30. The van der Waals surface area contributed by atoms with Crippen molar-refractivity contribution < 1.29 is 4.74 Å². The van der Waals surface area contributed by atoms with Gasteiger partial charge in [-0.2, -0.15) is 4.98 Å². The molecule has 0 atom stereocenters. The molecule has 0 aliphatic carbocycles. The molecule has 0 saturated carbocycles. The van der Waals surface area contributed by atoms with E-state index in [1.165, 1.54) is 0 Å². The Morgan fingerprint density at radius 3 is 2.73 bits per heavy atom. The van der Waals surface area contributed by atoms with Crippen LogP contribution in [0.5, 0.6) is 5.75 Å². The van der Waals surface area contributed by atoms with Gasteiger partial charge in [0, 0.05) is 18.3 Å². The Bertz CT molecular complexity index is 601. The number of nitrogens with one attached hydrogen (secondary N) is 2. The van der Waals surface area contributed by atoms with Crippen molar-refractivity contribution in [3.05, 3.63) is 36.0 Å². The third kappa shape index (κ3) is 4.62. The highest BCUT2D eigenvalue weighted by Gasteiger charge is 2.06. The molecule has 0 unspecified atom stereocenters. The van der Waals surface area contributed by atoms with Gasteiger partial charge < -0.3 is 15.4 Å². The van der Waals surface area contributed by atoms with E-state index in [2.05, 4.69) is 27.5 Å². The lowest BCUT2D eigenvalue weighted by atomic mass is 10.3. The second-order valence-electron chi connectivity index (χ2n) is 5.05. The fourth-order valence-electron chi connectivity index (χ4n) is 2.08. The minimum Gasteiger partial charge on any atom is -0.492 e. The smallest absolute Gasteiger partial charge is 0.229 e. The number of rotatable bonds is 8. The number of ether oxygens (including phenoxy) is 1. The fourth-order valence-corrected chi connectivity index (χ4v) is 2.08. The molecule has 5 nitrogen and oxygen atoms in total. The third-order valence-electron chi connectivity index (χ3n) is 3.12. The van der Waals surface area contributed by atoms with E-state index in [1.807, 2.05) is 44.2 Å². The zero-order valence-corrected chi connectivity index (χ0v) is 13.5. The molecular formula is C17H24N4O. The van der Waals surface area contributed by atoms with E-state index < -0.39 is 0 Å². The predicted octanol–water partition coefficient (Wildman–Crippen LogP) is 4.14. The standard InChI is InChI=1S/C17H24N4O/c1-4-6-11-18-16-12-13(3)19-17(21-16)20-14-9-7-8-10-15(14)22-5-2/h7-10,12H,4-6,11H2,1-3H3,(H2,18,19,20,21). The summed E-state index contributed by atoms with van der Waals surface area (Å²) in [5.74, 6) is 2.22. The van der Waals surface area contributed by atoms with Crippen LogP contribution in [-0.4, -0.2) is 23.1 Å². The first kappa shape index (κ1) is 16.1. The maximum absolute atomic E-state index is 5.62. The zero-order chi connectivity index (χ0) is 15.8. The highest BCUT2D eigenvalue weighted by molar-refractivity contribution is 5.63. The number of hydrogen-bond donors (Lipinski definition) is 2. The number of anilines is 3. The molecule has 0 aliphatic rings. The summed E-state index contributed by atoms with van der Waals surface area (Å²) in [6, 6.07) is 9.75. The minimum absolute atomic E-state index is 0.575. The van der Waals surface area contributed by atoms with Gasteiger partial charge in [-0.1, -0.05) is 25.5 Å². The van der Waals surface area contributed by atoms with Crippen molar-refractivity contribution in [2.75, 3.05) is 23.8 Å². The van der Waals surface area contributed by atoms with Crippen LogP contribution < -0.4 is 15.4 Å². The highest BCUT2D eigenvalue weighted by atomic mass is 16.5. The first-order valence-electron chi connectivity index (χ1n) is 7.81. The topological polar surface area (TPSA) is 59.1 Å². The zero-order valence-electron chi connectivity index (χ0n) is 13.5. The number of nitrogens with zero attached hydrogens (tertiary/aromatic N) is 2. The average molecular weight is 300 g/mol. The molecule has 0 amide bonds. The van der Waals surface area contributed by atoms with Gasteiger partial charge in [-0.15, -0.1) is 0 Å². The molecule has 22 heavy (non-hydrogen) atoms. The van der Waals surface area contributed by atoms with Crippen LogP contribution in [0.2, 0.25) is 0 Å². The van der Waals surface area contributed by atoms with E-state index in [0.717, 1.165) is 42.3 Å². The van der Waals surface area contributed by atoms with Crippen LogP contribution in [-0.2, 0) is 0 Å². The lowest BCUT2D eigenvalue weighted by molar-refractivity contribution is 0.342. The molecule has 1 aromatic carbocycles. The molecule has 2 rings (SSSR count). The molecule has 118 valence electrons. The molecule has 1 heterocycles. The van der Waals surface area contributed by atoms with Gasteiger partial charge in [-0.25, -0.2) is 4.98 Å². The molecule has 0 spiro atoms. The van der Waals surface area contributed by atoms with Gasteiger partial charge in [-0.3, -0.25) is 0 Å². The quantitative estimate of drug-likeness (QED) is 0.718. The highest BCUT2D eigenvalue weighted by Crippen LogP contribution is 2.26. The third-order valence-corrected chi connectivity index (χ3v) is 3.12. The van der Waals surface area contributed by atoms with Crippen LogP contribution >= 0.6 is 0 Å². The minimum atomic E-state index is 0.575. The first-order chi connectivity index (χ1) is 10.7. The molecular weight excluding hydrogens is 276 g/mol. The Kier molecular flexibility index (Phi) is 6.01. The van der Waals surface area contributed by atoms with E-state index >= 15 is 0 Å². The average Bonchev–Trinajstić information content (AvgIpc) is 2.49. The molecule has 5 heteroatoms. The van der Waals surface area contributed by atoms with Gasteiger partial charge in [0.15, 0.2) is 0 Å². The number of hydrogen-bond acceptors (Lipinski definition) is 5. The van der Waals surface area contributed by atoms with Crippen molar-refractivity contribution in [1.82, 2.24) is 9.97 Å². The van der Waals surface area contributed by atoms with Crippen molar-refractivity contribution in [2.45, 2.75) is 33.6 Å². The predicted molar refractivity (Wildman–Crippen MR) is 91.1 cm³/mol. The maximum atomic E-state index is 5.62. The van der Waals surface area contributed by atoms with Crippen LogP contribution in [0.1, 0.15) is 32.4 Å². The Labute approximate surface area is 132 Å². The summed E-state index contributed by atoms with van der Waals surface area (Å²) < 4.78 is 5.62. The van der Waals surface area contributed by atoms with Crippen LogP contribution in [0.25, 0.3) is 0 Å². The molecule has 0 saturated heterocycles. The van der Waals surface area contributed by atoms with Crippen molar-refractivity contribution in [1.29, 1.82) is 0 Å². The van der Waals surface area contributed by atoms with Crippen molar-refractivity contribution >= 4 is 17.5 Å². The molecule has 0 aliphatic heterocycles. The van der Waals surface area contributed by atoms with E-state index in [0.29, 0.717) is 12.6 Å². The first-order valence-corrected chi connectivity index (χ1v) is 7.81. The van der Waals surface area contributed by atoms with Gasteiger partial charge >= 0.3 is 0 Å². The SMILES string of the molecule is CCCCNc1cc(C)nc(Nc2ccccc2OCC)n1. The second kappa shape index (κ2) is 8.22. The largest absolute Gasteiger partial charge is 0.492 e. The lowest BCUT2D eigenvalue weighted by Gasteiger charge is -2.12. The maximum Gasteiger partial charge on any atom is 0.229 e. The Morgan fingerprint density at radius 2 is 1.95 bits per heavy atom. The van der Waals surface area contributed by atoms with E-state index in [1.54, 1.807) is 0 Å². The van der Waals surface area contributed by atoms with Crippen molar-refractivity contribution in [3.8, 4) is 5.75 Å². The van der Waals surface area contributed by atoms with Gasteiger partial charge in [0.1, 0.15) is 11.6 Å². The van der Waals surface area contributed by atoms with Crippen molar-refractivity contribution in [3.63, 3.8) is 0 Å². The van der Waals surface area contributed by atoms with Gasteiger partial charge in [-0.05, 0) is 32.4 Å². The number of aryl methyl sites for hydroxylation is 1. The monoisotopic (exact) mass is 300 g/mol. The molecule has 2 N–H and O–H groups in total. The summed E-state index contributed by atoms with van der Waals surface area (Å²) in [4.78, 5) is 8.95. The van der Waals surface area contributed by atoms with E-state index in [9.17, 15) is 0 Å². The summed E-state index contributed by atoms with van der Waals surface area (Å²) >= 11 is 0. The summed E-state index contributed by atoms with van der Waals surface area (Å²) in [5, 5.41) is 6.57. The summed E-state index contributed by atoms with van der Waals surface area (Å²) in [5.41, 5.74) is 1.79. The number of unbranched alkanes of at least 4 members (excludes halogenated alkanes) is 1. The Morgan fingerprint density at radius 1 is 1.14 bits per heavy atom. The molecule has 0 radical (unpaired) electrons. The summed E-state index contributed by atoms with van der Waals surface area (Å²) in [6.07, 6.45) is 2.28. The summed E-state index contributed by atoms with van der Waals surface area (Å²) in [7, 11) is 0. The number of para-hydroxylation sites is 2. The second-order valence-corrected chi connectivity index (χ2v) is 5.05. The number of benzene rings is 1. The van der Waals surface area contributed by atoms with Gasteiger partial charge in [0.05, 0.1) is 12.3 Å².